The summed E-state index contributed by atoms with van der Waals surface area (Å²) in [5, 5.41) is 5.65. The molecule has 2 fully saturated rings. The van der Waals surface area contributed by atoms with E-state index >= 15 is 0 Å². The van der Waals surface area contributed by atoms with Gasteiger partial charge in [-0.3, -0.25) is 15.0 Å². The van der Waals surface area contributed by atoms with Crippen molar-refractivity contribution in [1.29, 1.82) is 0 Å². The Morgan fingerprint density at radius 1 is 1.00 bits per heavy atom. The molecule has 10 nitrogen and oxygen atoms in total. The van der Waals surface area contributed by atoms with Gasteiger partial charge in [0.05, 0.1) is 36.4 Å². The van der Waals surface area contributed by atoms with Gasteiger partial charge >= 0.3 is 6.18 Å². The predicted molar refractivity (Wildman–Crippen MR) is 154 cm³/mol. The standard InChI is InChI=1S/C31H30F4N8O2/c32-22-5-2-1-4-20(22)18-45-28-7-3-6-23(38-28)19-8-11-42(12-9-19)17-27-37-24-14-25(29-39-30(41-40-29)31(33,34)35)36-15-26(24)43(27)16-21-10-13-44-21/h1-7,14-15,19,21H,8-13,16-18H2,(H,39,40,41)/t21-/m0/s1. The number of H-pyrrole nitrogens is 1. The molecule has 0 amide bonds. The summed E-state index contributed by atoms with van der Waals surface area (Å²) in [6, 6.07) is 13.9. The van der Waals surface area contributed by atoms with Gasteiger partial charge in [0.2, 0.25) is 11.7 Å². The Bertz CT molecular complexity index is 1790. The third kappa shape index (κ3) is 6.38. The first-order valence-corrected chi connectivity index (χ1v) is 14.8. The number of hydrogen-bond acceptors (Lipinski definition) is 8. The van der Waals surface area contributed by atoms with Crippen molar-refractivity contribution in [3.63, 3.8) is 0 Å². The molecule has 1 aromatic carbocycles. The number of nitrogens with zero attached hydrogens (tertiary/aromatic N) is 7. The second kappa shape index (κ2) is 12.2. The highest BCUT2D eigenvalue weighted by atomic mass is 19.4. The molecule has 0 saturated carbocycles. The van der Waals surface area contributed by atoms with Gasteiger partial charge in [-0.15, -0.1) is 0 Å². The van der Waals surface area contributed by atoms with Gasteiger partial charge < -0.3 is 14.0 Å². The van der Waals surface area contributed by atoms with Gasteiger partial charge in [0, 0.05) is 29.8 Å². The Morgan fingerprint density at radius 2 is 1.82 bits per heavy atom. The van der Waals surface area contributed by atoms with Gasteiger partial charge in [-0.25, -0.2) is 19.3 Å². The third-order valence-corrected chi connectivity index (χ3v) is 8.33. The van der Waals surface area contributed by atoms with E-state index in [1.54, 1.807) is 36.5 Å². The molecule has 234 valence electrons. The summed E-state index contributed by atoms with van der Waals surface area (Å²) < 4.78 is 66.7. The maximum Gasteiger partial charge on any atom is 0.451 e. The van der Waals surface area contributed by atoms with Crippen molar-refractivity contribution in [2.24, 2.45) is 0 Å². The minimum atomic E-state index is -4.63. The molecular formula is C31H30F4N8O2. The zero-order valence-corrected chi connectivity index (χ0v) is 24.2. The van der Waals surface area contributed by atoms with Crippen LogP contribution in [0.25, 0.3) is 22.6 Å². The molecule has 1 N–H and O–H groups in total. The molecular weight excluding hydrogens is 592 g/mol. The number of alkyl halides is 3. The van der Waals surface area contributed by atoms with Crippen LogP contribution in [0.4, 0.5) is 17.6 Å². The van der Waals surface area contributed by atoms with Gasteiger partial charge in [-0.05, 0) is 50.6 Å². The lowest BCUT2D eigenvalue weighted by atomic mass is 9.93. The molecule has 0 unspecified atom stereocenters. The Morgan fingerprint density at radius 3 is 2.56 bits per heavy atom. The number of likely N-dealkylation sites (tertiary alicyclic amines) is 1. The minimum Gasteiger partial charge on any atom is -0.473 e. The first-order chi connectivity index (χ1) is 21.8. The van der Waals surface area contributed by atoms with E-state index in [-0.39, 0.29) is 36.0 Å². The zero-order valence-electron chi connectivity index (χ0n) is 24.2. The van der Waals surface area contributed by atoms with Crippen molar-refractivity contribution in [3.8, 4) is 17.4 Å². The van der Waals surface area contributed by atoms with Crippen LogP contribution in [-0.4, -0.2) is 65.4 Å². The molecule has 4 aromatic heterocycles. The predicted octanol–water partition coefficient (Wildman–Crippen LogP) is 5.52. The number of fused-ring (bicyclic) bond motifs is 1. The van der Waals surface area contributed by atoms with E-state index in [2.05, 4.69) is 24.5 Å². The molecule has 0 aliphatic carbocycles. The van der Waals surface area contributed by atoms with E-state index in [1.165, 1.54) is 6.07 Å². The van der Waals surface area contributed by atoms with Crippen LogP contribution >= 0.6 is 0 Å². The van der Waals surface area contributed by atoms with Crippen LogP contribution in [-0.2, 0) is 30.6 Å². The molecule has 45 heavy (non-hydrogen) atoms. The van der Waals surface area contributed by atoms with Gasteiger partial charge in [-0.1, -0.05) is 24.3 Å². The summed E-state index contributed by atoms with van der Waals surface area (Å²) in [5.74, 6) is -0.0488. The summed E-state index contributed by atoms with van der Waals surface area (Å²) in [6.45, 7) is 3.71. The fourth-order valence-corrected chi connectivity index (χ4v) is 5.75. The van der Waals surface area contributed by atoms with Crippen LogP contribution in [0.2, 0.25) is 0 Å². The molecule has 7 rings (SSSR count). The molecule has 2 saturated heterocycles. The van der Waals surface area contributed by atoms with E-state index in [9.17, 15) is 17.6 Å². The topological polar surface area (TPSA) is 107 Å². The fraction of sp³-hybridized carbons (Fsp3) is 0.387. The quantitative estimate of drug-likeness (QED) is 0.214. The van der Waals surface area contributed by atoms with E-state index in [1.807, 2.05) is 17.2 Å². The molecule has 0 radical (unpaired) electrons. The molecule has 5 aromatic rings. The molecule has 6 heterocycles. The van der Waals surface area contributed by atoms with Crippen LogP contribution in [0.3, 0.4) is 0 Å². The van der Waals surface area contributed by atoms with E-state index in [0.29, 0.717) is 30.0 Å². The molecule has 2 aliphatic heterocycles. The van der Waals surface area contributed by atoms with Gasteiger partial charge in [0.25, 0.3) is 0 Å². The Kier molecular flexibility index (Phi) is 7.92. The summed E-state index contributed by atoms with van der Waals surface area (Å²) in [5.41, 5.74) is 3.03. The highest BCUT2D eigenvalue weighted by molar-refractivity contribution is 5.78. The van der Waals surface area contributed by atoms with Gasteiger partial charge in [0.1, 0.15) is 23.9 Å². The van der Waals surface area contributed by atoms with Crippen LogP contribution < -0.4 is 4.74 Å². The SMILES string of the molecule is Fc1ccccc1COc1cccc(C2CCN(Cc3nc4cc(-c5n[nH]c(C(F)(F)F)n5)ncc4n3C[C@@H]3CCO3)CC2)n1. The summed E-state index contributed by atoms with van der Waals surface area (Å²) >= 11 is 0. The second-order valence-corrected chi connectivity index (χ2v) is 11.3. The van der Waals surface area contributed by atoms with Gasteiger partial charge in [0.15, 0.2) is 5.82 Å². The van der Waals surface area contributed by atoms with Gasteiger partial charge in [-0.2, -0.15) is 18.3 Å². The molecule has 2 aliphatic rings. The number of benzene rings is 1. The maximum absolute atomic E-state index is 14.0. The first kappa shape index (κ1) is 29.3. The van der Waals surface area contributed by atoms with E-state index < -0.39 is 12.0 Å². The average molecular weight is 623 g/mol. The van der Waals surface area contributed by atoms with Crippen molar-refractivity contribution >= 4 is 11.0 Å². The van der Waals surface area contributed by atoms with Crippen LogP contribution in [0.5, 0.6) is 5.88 Å². The first-order valence-electron chi connectivity index (χ1n) is 14.8. The number of nitrogens with one attached hydrogen (secondary N) is 1. The summed E-state index contributed by atoms with van der Waals surface area (Å²) in [4.78, 5) is 19.9. The number of halogens is 4. The van der Waals surface area contributed by atoms with Crippen molar-refractivity contribution in [2.75, 3.05) is 19.7 Å². The van der Waals surface area contributed by atoms with Crippen molar-refractivity contribution in [1.82, 2.24) is 39.6 Å². The summed E-state index contributed by atoms with van der Waals surface area (Å²) in [7, 11) is 0. The number of aromatic amines is 1. The second-order valence-electron chi connectivity index (χ2n) is 11.3. The Hall–Kier alpha value is -4.43. The number of rotatable bonds is 9. The molecule has 14 heteroatoms. The molecule has 0 spiro atoms. The third-order valence-electron chi connectivity index (χ3n) is 8.33. The fourth-order valence-electron chi connectivity index (χ4n) is 5.75. The number of pyridine rings is 2. The number of imidazole rings is 1. The number of aromatic nitrogens is 7. The maximum atomic E-state index is 14.0. The molecule has 0 bridgehead atoms. The lowest BCUT2D eigenvalue weighted by Gasteiger charge is -2.32. The van der Waals surface area contributed by atoms with E-state index in [4.69, 9.17) is 19.4 Å². The monoisotopic (exact) mass is 622 g/mol. The Labute approximate surface area is 255 Å². The van der Waals surface area contributed by atoms with Crippen molar-refractivity contribution in [3.05, 3.63) is 83.5 Å². The Balaban J connectivity index is 1.04. The number of hydrogen-bond donors (Lipinski definition) is 1. The minimum absolute atomic E-state index is 0.0767. The average Bonchev–Trinajstić information content (AvgIpc) is 3.64. The zero-order chi connectivity index (χ0) is 31.0. The molecule has 1 atom stereocenters. The smallest absolute Gasteiger partial charge is 0.451 e. The van der Waals surface area contributed by atoms with Crippen LogP contribution in [0.15, 0.2) is 54.7 Å². The highest BCUT2D eigenvalue weighted by Gasteiger charge is 2.35. The lowest BCUT2D eigenvalue weighted by molar-refractivity contribution is -0.144. The lowest BCUT2D eigenvalue weighted by Crippen LogP contribution is -2.35. The normalized spacial score (nSPS) is 17.9. The number of ether oxygens (including phenoxy) is 2. The highest BCUT2D eigenvalue weighted by Crippen LogP contribution is 2.31. The largest absolute Gasteiger partial charge is 0.473 e. The van der Waals surface area contributed by atoms with Crippen LogP contribution in [0, 0.1) is 5.82 Å². The number of piperidine rings is 1. The van der Waals surface area contributed by atoms with E-state index in [0.717, 1.165) is 56.0 Å². The van der Waals surface area contributed by atoms with Crippen LogP contribution in [0.1, 0.15) is 48.1 Å². The summed E-state index contributed by atoms with van der Waals surface area (Å²) in [6.07, 6.45) is -0.197. The van der Waals surface area contributed by atoms with Crippen molar-refractivity contribution in [2.45, 2.75) is 57.2 Å². The van der Waals surface area contributed by atoms with Crippen molar-refractivity contribution < 1.29 is 27.0 Å².